The lowest BCUT2D eigenvalue weighted by Crippen LogP contribution is -2.29. The molecule has 1 aliphatic heterocycles. The van der Waals surface area contributed by atoms with E-state index in [1.54, 1.807) is 5.01 Å². The third-order valence-corrected chi connectivity index (χ3v) is 2.56. The maximum absolute atomic E-state index is 10.4. The molecule has 0 N–H and O–H groups in total. The average molecular weight is 164 g/mol. The van der Waals surface area contributed by atoms with Gasteiger partial charge in [-0.15, -0.1) is 4.91 Å². The molecule has 0 aromatic rings. The Morgan fingerprint density at radius 3 is 3.33 bits per heavy atom. The Labute approximate surface area is 71.7 Å². The van der Waals surface area contributed by atoms with Gasteiger partial charge in [0.05, 0.1) is 5.29 Å². The van der Waals surface area contributed by atoms with E-state index in [0.29, 0.717) is 5.92 Å². The second-order valence-corrected chi connectivity index (χ2v) is 3.30. The molecule has 64 valence electrons. The fourth-order valence-corrected chi connectivity index (χ4v) is 1.93. The summed E-state index contributed by atoms with van der Waals surface area (Å²) in [5.41, 5.74) is 1.11. The van der Waals surface area contributed by atoms with E-state index in [1.807, 2.05) is 12.2 Å². The summed E-state index contributed by atoms with van der Waals surface area (Å²) >= 11 is 0. The molecule has 2 aliphatic rings. The zero-order chi connectivity index (χ0) is 8.39. The number of nitroso groups, excluding NO2 is 1. The third-order valence-electron chi connectivity index (χ3n) is 2.56. The van der Waals surface area contributed by atoms with Gasteiger partial charge in [-0.05, 0) is 25.3 Å². The van der Waals surface area contributed by atoms with Gasteiger partial charge >= 0.3 is 0 Å². The lowest BCUT2D eigenvalue weighted by atomic mass is 9.89. The Hall–Kier alpha value is -1.12. The molecule has 1 saturated heterocycles. The Morgan fingerprint density at radius 2 is 2.50 bits per heavy atom. The van der Waals surface area contributed by atoms with Crippen LogP contribution in [0.1, 0.15) is 19.3 Å². The predicted molar refractivity (Wildman–Crippen MR) is 47.1 cm³/mol. The monoisotopic (exact) mass is 164 g/mol. The van der Waals surface area contributed by atoms with Crippen molar-refractivity contribution in [3.05, 3.63) is 28.8 Å². The normalized spacial score (nSPS) is 27.8. The van der Waals surface area contributed by atoms with E-state index in [4.69, 9.17) is 0 Å². The van der Waals surface area contributed by atoms with Crippen molar-refractivity contribution in [2.45, 2.75) is 19.3 Å². The minimum Gasteiger partial charge on any atom is -0.233 e. The summed E-state index contributed by atoms with van der Waals surface area (Å²) in [6, 6.07) is 0. The summed E-state index contributed by atoms with van der Waals surface area (Å²) in [7, 11) is 0. The lowest BCUT2D eigenvalue weighted by molar-refractivity contribution is 0.246. The number of fused-ring (bicyclic) bond motifs is 1. The van der Waals surface area contributed by atoms with Crippen molar-refractivity contribution in [3.63, 3.8) is 0 Å². The molecule has 0 amide bonds. The van der Waals surface area contributed by atoms with Crippen LogP contribution in [0.25, 0.3) is 0 Å². The van der Waals surface area contributed by atoms with Crippen LogP contribution in [0.3, 0.4) is 0 Å². The summed E-state index contributed by atoms with van der Waals surface area (Å²) in [5.74, 6) is 0.543. The van der Waals surface area contributed by atoms with E-state index in [1.165, 1.54) is 6.42 Å². The maximum Gasteiger partial charge on any atom is 0.0571 e. The fraction of sp³-hybridized carbons (Fsp3) is 0.556. The van der Waals surface area contributed by atoms with Gasteiger partial charge in [0, 0.05) is 18.2 Å². The largest absolute Gasteiger partial charge is 0.233 e. The van der Waals surface area contributed by atoms with Crippen LogP contribution < -0.4 is 0 Å². The molecule has 0 radical (unpaired) electrons. The Bertz CT molecular complexity index is 245. The zero-order valence-corrected chi connectivity index (χ0v) is 6.94. The molecule has 0 aromatic carbocycles. The van der Waals surface area contributed by atoms with Crippen LogP contribution in [0.5, 0.6) is 0 Å². The number of hydrogen-bond donors (Lipinski definition) is 0. The van der Waals surface area contributed by atoms with Gasteiger partial charge < -0.3 is 0 Å². The number of allylic oxidation sites excluding steroid dienone is 4. The first kappa shape index (κ1) is 7.53. The molecule has 0 bridgehead atoms. The quantitative estimate of drug-likeness (QED) is 0.557. The summed E-state index contributed by atoms with van der Waals surface area (Å²) in [4.78, 5) is 10.4. The topological polar surface area (TPSA) is 32.7 Å². The summed E-state index contributed by atoms with van der Waals surface area (Å²) < 4.78 is 0. The minimum absolute atomic E-state index is 0.543. The van der Waals surface area contributed by atoms with Crippen LogP contribution in [0.4, 0.5) is 0 Å². The van der Waals surface area contributed by atoms with E-state index < -0.39 is 0 Å². The highest BCUT2D eigenvalue weighted by atomic mass is 16.3. The van der Waals surface area contributed by atoms with Crippen LogP contribution >= 0.6 is 0 Å². The van der Waals surface area contributed by atoms with Crippen LogP contribution in [0.2, 0.25) is 0 Å². The van der Waals surface area contributed by atoms with Gasteiger partial charge in [-0.3, -0.25) is 0 Å². The molecule has 3 nitrogen and oxygen atoms in total. The van der Waals surface area contributed by atoms with Crippen molar-refractivity contribution in [1.29, 1.82) is 0 Å². The molecule has 1 aliphatic carbocycles. The van der Waals surface area contributed by atoms with Crippen molar-refractivity contribution >= 4 is 0 Å². The number of piperidine rings is 1. The van der Waals surface area contributed by atoms with E-state index in [-0.39, 0.29) is 0 Å². The van der Waals surface area contributed by atoms with Crippen LogP contribution in [-0.2, 0) is 0 Å². The fourth-order valence-electron chi connectivity index (χ4n) is 1.93. The molecule has 0 saturated carbocycles. The summed E-state index contributed by atoms with van der Waals surface area (Å²) in [6.07, 6.45) is 9.52. The molecule has 1 unspecified atom stereocenters. The molecule has 0 spiro atoms. The standard InChI is InChI=1S/C9H12N2O/c12-10-11-7-3-5-8-4-1-2-6-9(8)11/h1-2,6,8H,3-5,7H2. The lowest BCUT2D eigenvalue weighted by Gasteiger charge is -2.32. The van der Waals surface area contributed by atoms with Gasteiger partial charge in [0.15, 0.2) is 0 Å². The molecular formula is C9H12N2O. The first-order valence-corrected chi connectivity index (χ1v) is 4.39. The molecule has 3 heteroatoms. The minimum atomic E-state index is 0.543. The molecular weight excluding hydrogens is 152 g/mol. The Balaban J connectivity index is 2.22. The molecule has 12 heavy (non-hydrogen) atoms. The summed E-state index contributed by atoms with van der Waals surface area (Å²) in [5, 5.41) is 4.61. The highest BCUT2D eigenvalue weighted by Crippen LogP contribution is 2.32. The second-order valence-electron chi connectivity index (χ2n) is 3.30. The van der Waals surface area contributed by atoms with Crippen LogP contribution in [0.15, 0.2) is 29.2 Å². The average Bonchev–Trinajstić information content (AvgIpc) is 2.17. The van der Waals surface area contributed by atoms with Crippen molar-refractivity contribution in [2.24, 2.45) is 11.2 Å². The van der Waals surface area contributed by atoms with E-state index >= 15 is 0 Å². The molecule has 0 aromatic heterocycles. The van der Waals surface area contributed by atoms with Crippen LogP contribution in [0, 0.1) is 10.8 Å². The molecule has 1 atom stereocenters. The first-order chi connectivity index (χ1) is 5.92. The van der Waals surface area contributed by atoms with E-state index in [2.05, 4.69) is 11.4 Å². The number of nitrogens with zero attached hydrogens (tertiary/aromatic N) is 2. The SMILES string of the molecule is O=NN1CCCC2CC=CC=C21. The van der Waals surface area contributed by atoms with Crippen molar-refractivity contribution in [3.8, 4) is 0 Å². The van der Waals surface area contributed by atoms with Crippen molar-refractivity contribution in [2.75, 3.05) is 6.54 Å². The van der Waals surface area contributed by atoms with E-state index in [9.17, 15) is 4.91 Å². The smallest absolute Gasteiger partial charge is 0.0571 e. The van der Waals surface area contributed by atoms with Gasteiger partial charge in [0.2, 0.25) is 0 Å². The van der Waals surface area contributed by atoms with Gasteiger partial charge in [0.1, 0.15) is 0 Å². The third kappa shape index (κ3) is 1.15. The van der Waals surface area contributed by atoms with Gasteiger partial charge in [-0.2, -0.15) is 0 Å². The van der Waals surface area contributed by atoms with Gasteiger partial charge in [-0.25, -0.2) is 5.01 Å². The molecule has 1 heterocycles. The van der Waals surface area contributed by atoms with E-state index in [0.717, 1.165) is 25.1 Å². The first-order valence-electron chi connectivity index (χ1n) is 4.39. The summed E-state index contributed by atoms with van der Waals surface area (Å²) in [6.45, 7) is 0.791. The maximum atomic E-state index is 10.4. The number of rotatable bonds is 1. The highest BCUT2D eigenvalue weighted by molar-refractivity contribution is 5.21. The second kappa shape index (κ2) is 3.09. The van der Waals surface area contributed by atoms with Gasteiger partial charge in [-0.1, -0.05) is 12.2 Å². The molecule has 1 fully saturated rings. The predicted octanol–water partition coefficient (Wildman–Crippen LogP) is 2.22. The van der Waals surface area contributed by atoms with Crippen molar-refractivity contribution < 1.29 is 0 Å². The van der Waals surface area contributed by atoms with Crippen LogP contribution in [-0.4, -0.2) is 11.6 Å². The highest BCUT2D eigenvalue weighted by Gasteiger charge is 2.25. The Morgan fingerprint density at radius 1 is 1.58 bits per heavy atom. The van der Waals surface area contributed by atoms with Crippen molar-refractivity contribution in [1.82, 2.24) is 5.01 Å². The Kier molecular flexibility index (Phi) is 1.94. The molecule has 2 rings (SSSR count). The number of hydrogen-bond acceptors (Lipinski definition) is 2. The zero-order valence-electron chi connectivity index (χ0n) is 6.94. The van der Waals surface area contributed by atoms with Gasteiger partial charge in [0.25, 0.3) is 0 Å².